The summed E-state index contributed by atoms with van der Waals surface area (Å²) < 4.78 is 5.98. The molecule has 1 N–H and O–H groups in total. The number of rotatable bonds is 2. The molecular weight excluding hydrogens is 272 g/mol. The van der Waals surface area contributed by atoms with Crippen LogP contribution in [0.25, 0.3) is 11.0 Å². The highest BCUT2D eigenvalue weighted by atomic mass is 35.5. The molecule has 1 saturated heterocycles. The van der Waals surface area contributed by atoms with Gasteiger partial charge in [-0.3, -0.25) is 4.90 Å². The average molecular weight is 295 g/mol. The summed E-state index contributed by atoms with van der Waals surface area (Å²) in [4.78, 5) is 2.46. The lowest BCUT2D eigenvalue weighted by Crippen LogP contribution is -2.48. The van der Waals surface area contributed by atoms with Crippen LogP contribution in [0.1, 0.15) is 23.8 Å². The fourth-order valence-electron chi connectivity index (χ4n) is 2.81. The zero-order valence-corrected chi connectivity index (χ0v) is 13.2. The number of halogens is 1. The molecule has 1 aliphatic heterocycles. The van der Waals surface area contributed by atoms with Crippen molar-refractivity contribution in [1.82, 2.24) is 10.2 Å². The zero-order chi connectivity index (χ0) is 13.4. The molecule has 0 spiro atoms. The van der Waals surface area contributed by atoms with E-state index in [0.29, 0.717) is 6.04 Å². The molecule has 1 atom stereocenters. The van der Waals surface area contributed by atoms with Gasteiger partial charge in [-0.1, -0.05) is 0 Å². The van der Waals surface area contributed by atoms with Crippen LogP contribution in [0.5, 0.6) is 0 Å². The number of piperazine rings is 1. The van der Waals surface area contributed by atoms with Gasteiger partial charge in [0.2, 0.25) is 0 Å². The summed E-state index contributed by atoms with van der Waals surface area (Å²) in [5.41, 5.74) is 3.64. The zero-order valence-electron chi connectivity index (χ0n) is 12.4. The van der Waals surface area contributed by atoms with E-state index >= 15 is 0 Å². The van der Waals surface area contributed by atoms with Crippen LogP contribution < -0.4 is 5.32 Å². The van der Waals surface area contributed by atoms with Gasteiger partial charge in [-0.2, -0.15) is 0 Å². The summed E-state index contributed by atoms with van der Waals surface area (Å²) in [7, 11) is 0. The molecule has 20 heavy (non-hydrogen) atoms. The molecule has 110 valence electrons. The molecule has 1 fully saturated rings. The normalized spacial score (nSPS) is 20.1. The second-order valence-corrected chi connectivity index (χ2v) is 5.78. The molecule has 0 bridgehead atoms. The molecule has 1 aliphatic rings. The van der Waals surface area contributed by atoms with Crippen LogP contribution in [0.3, 0.4) is 0 Å². The van der Waals surface area contributed by atoms with Crippen molar-refractivity contribution in [2.45, 2.75) is 33.4 Å². The Kier molecular flexibility index (Phi) is 4.74. The highest BCUT2D eigenvalue weighted by molar-refractivity contribution is 5.85. The quantitative estimate of drug-likeness (QED) is 0.921. The van der Waals surface area contributed by atoms with Crippen molar-refractivity contribution in [3.8, 4) is 0 Å². The Morgan fingerprint density at radius 1 is 1.25 bits per heavy atom. The maximum atomic E-state index is 5.98. The van der Waals surface area contributed by atoms with Gasteiger partial charge in [0.15, 0.2) is 0 Å². The number of hydrogen-bond donors (Lipinski definition) is 1. The monoisotopic (exact) mass is 294 g/mol. The Morgan fingerprint density at radius 2 is 2.00 bits per heavy atom. The lowest BCUT2D eigenvalue weighted by molar-refractivity contribution is 0.188. The molecule has 2 heterocycles. The van der Waals surface area contributed by atoms with Crippen molar-refractivity contribution in [2.75, 3.05) is 19.6 Å². The predicted octanol–water partition coefficient (Wildman–Crippen LogP) is 3.27. The third-order valence-corrected chi connectivity index (χ3v) is 4.02. The van der Waals surface area contributed by atoms with Gasteiger partial charge in [-0.25, -0.2) is 0 Å². The van der Waals surface area contributed by atoms with Gasteiger partial charge in [-0.05, 0) is 50.1 Å². The summed E-state index contributed by atoms with van der Waals surface area (Å²) in [5, 5.41) is 4.69. The summed E-state index contributed by atoms with van der Waals surface area (Å²) in [6, 6.07) is 7.13. The third kappa shape index (κ3) is 3.17. The van der Waals surface area contributed by atoms with Gasteiger partial charge in [0, 0.05) is 31.1 Å². The Labute approximate surface area is 126 Å². The SMILES string of the molecule is Cc1cc2cc(CN3CCN[C@H](C)C3)oc2cc1C.Cl. The number of nitrogens with zero attached hydrogens (tertiary/aromatic N) is 1. The number of furan rings is 1. The van der Waals surface area contributed by atoms with E-state index in [9.17, 15) is 0 Å². The summed E-state index contributed by atoms with van der Waals surface area (Å²) in [6.45, 7) is 10.7. The molecule has 0 radical (unpaired) electrons. The van der Waals surface area contributed by atoms with Crippen LogP contribution in [0, 0.1) is 13.8 Å². The summed E-state index contributed by atoms with van der Waals surface area (Å²) in [6.07, 6.45) is 0. The van der Waals surface area contributed by atoms with Crippen molar-refractivity contribution in [3.05, 3.63) is 35.1 Å². The van der Waals surface area contributed by atoms with Gasteiger partial charge >= 0.3 is 0 Å². The van der Waals surface area contributed by atoms with Gasteiger partial charge in [0.1, 0.15) is 11.3 Å². The van der Waals surface area contributed by atoms with E-state index in [2.05, 4.69) is 49.2 Å². The highest BCUT2D eigenvalue weighted by Crippen LogP contribution is 2.24. The minimum atomic E-state index is 0. The molecule has 3 rings (SSSR count). The van der Waals surface area contributed by atoms with Crippen LogP contribution in [-0.4, -0.2) is 30.6 Å². The lowest BCUT2D eigenvalue weighted by Gasteiger charge is -2.30. The molecule has 0 unspecified atom stereocenters. The number of aryl methyl sites for hydroxylation is 2. The molecule has 2 aromatic rings. The molecule has 0 amide bonds. The van der Waals surface area contributed by atoms with E-state index in [1.807, 2.05) is 0 Å². The molecule has 1 aromatic carbocycles. The Morgan fingerprint density at radius 3 is 2.75 bits per heavy atom. The van der Waals surface area contributed by atoms with Crippen LogP contribution in [0.15, 0.2) is 22.6 Å². The van der Waals surface area contributed by atoms with Gasteiger partial charge in [0.25, 0.3) is 0 Å². The van der Waals surface area contributed by atoms with Crippen molar-refractivity contribution < 1.29 is 4.42 Å². The Balaban J connectivity index is 0.00000147. The topological polar surface area (TPSA) is 28.4 Å². The maximum absolute atomic E-state index is 5.98. The Bertz CT molecular complexity index is 554. The Hall–Kier alpha value is -1.03. The smallest absolute Gasteiger partial charge is 0.134 e. The fourth-order valence-corrected chi connectivity index (χ4v) is 2.81. The van der Waals surface area contributed by atoms with Gasteiger partial charge in [0.05, 0.1) is 6.54 Å². The van der Waals surface area contributed by atoms with Crippen LogP contribution in [-0.2, 0) is 6.54 Å². The van der Waals surface area contributed by atoms with Gasteiger partial charge in [-0.15, -0.1) is 12.4 Å². The summed E-state index contributed by atoms with van der Waals surface area (Å²) in [5.74, 6) is 1.08. The van der Waals surface area contributed by atoms with Gasteiger partial charge < -0.3 is 9.73 Å². The van der Waals surface area contributed by atoms with Crippen molar-refractivity contribution in [1.29, 1.82) is 0 Å². The van der Waals surface area contributed by atoms with E-state index < -0.39 is 0 Å². The van der Waals surface area contributed by atoms with E-state index in [0.717, 1.165) is 37.5 Å². The van der Waals surface area contributed by atoms with Crippen molar-refractivity contribution in [2.24, 2.45) is 0 Å². The number of fused-ring (bicyclic) bond motifs is 1. The minimum absolute atomic E-state index is 0. The number of benzene rings is 1. The first-order chi connectivity index (χ1) is 9.11. The standard InChI is InChI=1S/C16H22N2O.ClH/c1-11-6-14-8-15(19-16(14)7-12(11)2)10-18-5-4-17-13(3)9-18;/h6-8,13,17H,4-5,9-10H2,1-3H3;1H/t13-;/m1./s1. The molecule has 3 nitrogen and oxygen atoms in total. The van der Waals surface area contributed by atoms with Crippen LogP contribution >= 0.6 is 12.4 Å². The third-order valence-electron chi connectivity index (χ3n) is 4.02. The van der Waals surface area contributed by atoms with E-state index in [4.69, 9.17) is 4.42 Å². The van der Waals surface area contributed by atoms with Crippen molar-refractivity contribution >= 4 is 23.4 Å². The lowest BCUT2D eigenvalue weighted by atomic mass is 10.1. The molecule has 1 aromatic heterocycles. The van der Waals surface area contributed by atoms with E-state index in [1.165, 1.54) is 16.5 Å². The summed E-state index contributed by atoms with van der Waals surface area (Å²) >= 11 is 0. The highest BCUT2D eigenvalue weighted by Gasteiger charge is 2.17. The average Bonchev–Trinajstić information content (AvgIpc) is 2.71. The largest absolute Gasteiger partial charge is 0.460 e. The predicted molar refractivity (Wildman–Crippen MR) is 85.7 cm³/mol. The van der Waals surface area contributed by atoms with E-state index in [1.54, 1.807) is 0 Å². The maximum Gasteiger partial charge on any atom is 0.134 e. The van der Waals surface area contributed by atoms with Crippen molar-refractivity contribution in [3.63, 3.8) is 0 Å². The number of nitrogens with one attached hydrogen (secondary N) is 1. The first-order valence-electron chi connectivity index (χ1n) is 7.07. The number of hydrogen-bond acceptors (Lipinski definition) is 3. The van der Waals surface area contributed by atoms with Crippen LogP contribution in [0.4, 0.5) is 0 Å². The molecular formula is C16H23ClN2O. The second-order valence-electron chi connectivity index (χ2n) is 5.78. The second kappa shape index (κ2) is 6.17. The fraction of sp³-hybridized carbons (Fsp3) is 0.500. The molecule has 0 aliphatic carbocycles. The first kappa shape index (κ1) is 15.4. The van der Waals surface area contributed by atoms with Crippen LogP contribution in [0.2, 0.25) is 0 Å². The van der Waals surface area contributed by atoms with E-state index in [-0.39, 0.29) is 12.4 Å². The molecule has 4 heteroatoms. The minimum Gasteiger partial charge on any atom is -0.460 e. The first-order valence-corrected chi connectivity index (χ1v) is 7.07. The molecule has 0 saturated carbocycles.